The molecule has 2 aromatic carbocycles. The highest BCUT2D eigenvalue weighted by Crippen LogP contribution is 2.27. The molecule has 24 heavy (non-hydrogen) atoms. The summed E-state index contributed by atoms with van der Waals surface area (Å²) in [4.78, 5) is 25.0. The van der Waals surface area contributed by atoms with E-state index in [9.17, 15) is 9.59 Å². The number of hydrogen-bond acceptors (Lipinski definition) is 4. The van der Waals surface area contributed by atoms with Gasteiger partial charge in [0.25, 0.3) is 5.91 Å². The van der Waals surface area contributed by atoms with Gasteiger partial charge in [0.05, 0.1) is 13.2 Å². The van der Waals surface area contributed by atoms with Crippen LogP contribution in [0.25, 0.3) is 0 Å². The molecule has 5 nitrogen and oxygen atoms in total. The van der Waals surface area contributed by atoms with E-state index >= 15 is 0 Å². The Balaban J connectivity index is 2.10. The molecule has 1 unspecified atom stereocenters. The van der Waals surface area contributed by atoms with Crippen molar-refractivity contribution in [3.63, 3.8) is 0 Å². The minimum absolute atomic E-state index is 0.0145. The van der Waals surface area contributed by atoms with Gasteiger partial charge in [-0.3, -0.25) is 9.59 Å². The number of amides is 1. The van der Waals surface area contributed by atoms with E-state index < -0.39 is 0 Å². The Hall–Kier alpha value is -2.66. The van der Waals surface area contributed by atoms with Crippen LogP contribution in [-0.2, 0) is 0 Å². The molecular formula is C19H22N2O3. The van der Waals surface area contributed by atoms with Crippen LogP contribution < -0.4 is 10.1 Å². The molecule has 0 spiro atoms. The standard InChI is InChI=1S/C19H22N2O3/c1-21(2)17(16-6-4-5-7-18(16)24-3)12-20-19(23)15-10-8-14(13-22)9-11-15/h4-11,13,17H,12H2,1-3H3,(H,20,23). The summed E-state index contributed by atoms with van der Waals surface area (Å²) in [5, 5.41) is 2.94. The van der Waals surface area contributed by atoms with Gasteiger partial charge in [-0.25, -0.2) is 0 Å². The van der Waals surface area contributed by atoms with Crippen LogP contribution >= 0.6 is 0 Å². The van der Waals surface area contributed by atoms with Gasteiger partial charge in [0, 0.05) is 23.2 Å². The lowest BCUT2D eigenvalue weighted by atomic mass is 10.0. The Morgan fingerprint density at radius 3 is 2.42 bits per heavy atom. The average Bonchev–Trinajstić information content (AvgIpc) is 2.62. The maximum atomic E-state index is 12.3. The fourth-order valence-electron chi connectivity index (χ4n) is 2.52. The number of ether oxygens (including phenoxy) is 1. The number of likely N-dealkylation sites (N-methyl/N-ethyl adjacent to an activating group) is 1. The molecule has 0 aliphatic carbocycles. The predicted molar refractivity (Wildman–Crippen MR) is 93.6 cm³/mol. The van der Waals surface area contributed by atoms with Gasteiger partial charge in [0.1, 0.15) is 12.0 Å². The van der Waals surface area contributed by atoms with Gasteiger partial charge in [-0.1, -0.05) is 30.3 Å². The normalized spacial score (nSPS) is 11.8. The minimum Gasteiger partial charge on any atom is -0.496 e. The molecule has 1 N–H and O–H groups in total. The number of rotatable bonds is 7. The molecule has 5 heteroatoms. The van der Waals surface area contributed by atoms with Gasteiger partial charge >= 0.3 is 0 Å². The molecule has 1 amide bonds. The molecule has 0 fully saturated rings. The molecule has 2 aromatic rings. The monoisotopic (exact) mass is 326 g/mol. The maximum absolute atomic E-state index is 12.3. The molecule has 1 atom stereocenters. The predicted octanol–water partition coefficient (Wildman–Crippen LogP) is 2.54. The first-order valence-corrected chi connectivity index (χ1v) is 7.69. The number of methoxy groups -OCH3 is 1. The summed E-state index contributed by atoms with van der Waals surface area (Å²) in [6.45, 7) is 0.446. The van der Waals surface area contributed by atoms with E-state index in [1.54, 1.807) is 31.4 Å². The molecule has 0 aromatic heterocycles. The van der Waals surface area contributed by atoms with E-state index in [1.807, 2.05) is 43.3 Å². The summed E-state index contributed by atoms with van der Waals surface area (Å²) >= 11 is 0. The molecule has 126 valence electrons. The van der Waals surface area contributed by atoms with Crippen LogP contribution in [0, 0.1) is 0 Å². The van der Waals surface area contributed by atoms with Gasteiger partial charge in [0.15, 0.2) is 0 Å². The lowest BCUT2D eigenvalue weighted by molar-refractivity contribution is 0.0941. The highest BCUT2D eigenvalue weighted by atomic mass is 16.5. The molecule has 2 rings (SSSR count). The molecule has 0 bridgehead atoms. The highest BCUT2D eigenvalue weighted by molar-refractivity contribution is 5.94. The third-order valence-corrected chi connectivity index (χ3v) is 3.89. The lowest BCUT2D eigenvalue weighted by Crippen LogP contribution is -2.34. The van der Waals surface area contributed by atoms with Crippen LogP contribution in [0.5, 0.6) is 5.75 Å². The van der Waals surface area contributed by atoms with Crippen molar-refractivity contribution >= 4 is 12.2 Å². The topological polar surface area (TPSA) is 58.6 Å². The number of benzene rings is 2. The fraction of sp³-hybridized carbons (Fsp3) is 0.263. The van der Waals surface area contributed by atoms with Crippen molar-refractivity contribution in [3.05, 3.63) is 65.2 Å². The number of carbonyl (C=O) groups is 2. The molecule has 0 heterocycles. The van der Waals surface area contributed by atoms with Crippen LogP contribution in [0.1, 0.15) is 32.3 Å². The summed E-state index contributed by atoms with van der Waals surface area (Å²) in [5.74, 6) is 0.620. The van der Waals surface area contributed by atoms with Crippen LogP contribution in [0.2, 0.25) is 0 Å². The van der Waals surface area contributed by atoms with Crippen LogP contribution in [-0.4, -0.2) is 44.8 Å². The zero-order valence-electron chi connectivity index (χ0n) is 14.2. The average molecular weight is 326 g/mol. The van der Waals surface area contributed by atoms with Crippen molar-refractivity contribution in [2.45, 2.75) is 6.04 Å². The number of hydrogen-bond donors (Lipinski definition) is 1. The smallest absolute Gasteiger partial charge is 0.251 e. The summed E-state index contributed by atoms with van der Waals surface area (Å²) in [5.41, 5.74) is 2.09. The van der Waals surface area contributed by atoms with Crippen molar-refractivity contribution < 1.29 is 14.3 Å². The number of para-hydroxylation sites is 1. The van der Waals surface area contributed by atoms with Crippen molar-refractivity contribution in [2.75, 3.05) is 27.7 Å². The first-order chi connectivity index (χ1) is 11.6. The summed E-state index contributed by atoms with van der Waals surface area (Å²) < 4.78 is 5.42. The minimum atomic E-state index is -0.172. The second-order valence-corrected chi connectivity index (χ2v) is 5.67. The first kappa shape index (κ1) is 17.7. The summed E-state index contributed by atoms with van der Waals surface area (Å²) in [6, 6.07) is 14.3. The van der Waals surface area contributed by atoms with Crippen molar-refractivity contribution in [2.24, 2.45) is 0 Å². The first-order valence-electron chi connectivity index (χ1n) is 7.69. The molecule has 0 saturated carbocycles. The zero-order chi connectivity index (χ0) is 17.5. The number of nitrogens with zero attached hydrogens (tertiary/aromatic N) is 1. The van der Waals surface area contributed by atoms with E-state index in [4.69, 9.17) is 4.74 Å². The third-order valence-electron chi connectivity index (χ3n) is 3.89. The Morgan fingerprint density at radius 2 is 1.83 bits per heavy atom. The molecule has 0 saturated heterocycles. The zero-order valence-corrected chi connectivity index (χ0v) is 14.2. The second kappa shape index (κ2) is 8.26. The van der Waals surface area contributed by atoms with E-state index in [2.05, 4.69) is 5.32 Å². The van der Waals surface area contributed by atoms with Crippen LogP contribution in [0.15, 0.2) is 48.5 Å². The SMILES string of the molecule is COc1ccccc1C(CNC(=O)c1ccc(C=O)cc1)N(C)C. The molecule has 0 radical (unpaired) electrons. The number of nitrogens with one attached hydrogen (secondary N) is 1. The van der Waals surface area contributed by atoms with Crippen molar-refractivity contribution in [3.8, 4) is 5.75 Å². The molecule has 0 aliphatic rings. The fourth-order valence-corrected chi connectivity index (χ4v) is 2.52. The second-order valence-electron chi connectivity index (χ2n) is 5.67. The number of carbonyl (C=O) groups excluding carboxylic acids is 2. The van der Waals surface area contributed by atoms with Gasteiger partial charge in [0.2, 0.25) is 0 Å². The van der Waals surface area contributed by atoms with Gasteiger partial charge < -0.3 is 15.0 Å². The summed E-state index contributed by atoms with van der Waals surface area (Å²) in [6.07, 6.45) is 0.755. The Kier molecular flexibility index (Phi) is 6.09. The van der Waals surface area contributed by atoms with E-state index in [1.165, 1.54) is 0 Å². The Morgan fingerprint density at radius 1 is 1.17 bits per heavy atom. The van der Waals surface area contributed by atoms with Crippen molar-refractivity contribution in [1.82, 2.24) is 10.2 Å². The molecular weight excluding hydrogens is 304 g/mol. The van der Waals surface area contributed by atoms with Gasteiger partial charge in [-0.05, 0) is 32.3 Å². The summed E-state index contributed by atoms with van der Waals surface area (Å²) in [7, 11) is 5.56. The maximum Gasteiger partial charge on any atom is 0.251 e. The van der Waals surface area contributed by atoms with Gasteiger partial charge in [-0.15, -0.1) is 0 Å². The van der Waals surface area contributed by atoms with E-state index in [-0.39, 0.29) is 11.9 Å². The quantitative estimate of drug-likeness (QED) is 0.795. The third kappa shape index (κ3) is 4.20. The van der Waals surface area contributed by atoms with E-state index in [0.717, 1.165) is 17.6 Å². The van der Waals surface area contributed by atoms with Gasteiger partial charge in [-0.2, -0.15) is 0 Å². The Bertz CT molecular complexity index is 696. The molecule has 0 aliphatic heterocycles. The number of aldehydes is 1. The van der Waals surface area contributed by atoms with Crippen LogP contribution in [0.3, 0.4) is 0 Å². The van der Waals surface area contributed by atoms with Crippen molar-refractivity contribution in [1.29, 1.82) is 0 Å². The Labute approximate surface area is 142 Å². The highest BCUT2D eigenvalue weighted by Gasteiger charge is 2.19. The van der Waals surface area contributed by atoms with Crippen LogP contribution in [0.4, 0.5) is 0 Å². The lowest BCUT2D eigenvalue weighted by Gasteiger charge is -2.26. The largest absolute Gasteiger partial charge is 0.496 e. The van der Waals surface area contributed by atoms with E-state index in [0.29, 0.717) is 17.7 Å².